The molecule has 0 saturated carbocycles. The minimum absolute atomic E-state index is 0.108. The molecule has 0 spiro atoms. The van der Waals surface area contributed by atoms with Crippen LogP contribution in [0.1, 0.15) is 38.2 Å². The maximum Gasteiger partial charge on any atom is 0.226 e. The van der Waals surface area contributed by atoms with Crippen molar-refractivity contribution >= 4 is 5.91 Å². The number of amides is 1. The van der Waals surface area contributed by atoms with Crippen molar-refractivity contribution in [1.82, 2.24) is 10.2 Å². The smallest absolute Gasteiger partial charge is 0.226 e. The largest absolute Gasteiger partial charge is 0.342 e. The summed E-state index contributed by atoms with van der Waals surface area (Å²) in [6.45, 7) is 6.02. The van der Waals surface area contributed by atoms with Gasteiger partial charge in [-0.15, -0.1) is 0 Å². The van der Waals surface area contributed by atoms with Crippen molar-refractivity contribution in [3.05, 3.63) is 35.9 Å². The second-order valence-electron chi connectivity index (χ2n) is 6.83. The van der Waals surface area contributed by atoms with E-state index in [9.17, 15) is 4.79 Å². The number of carbonyl (C=O) groups is 1. The lowest BCUT2D eigenvalue weighted by Crippen LogP contribution is -2.51. The summed E-state index contributed by atoms with van der Waals surface area (Å²) in [5, 5.41) is 3.36. The summed E-state index contributed by atoms with van der Waals surface area (Å²) < 4.78 is 0. The molecule has 1 N–H and O–H groups in total. The van der Waals surface area contributed by atoms with E-state index in [-0.39, 0.29) is 11.3 Å². The first kappa shape index (κ1) is 14.6. The van der Waals surface area contributed by atoms with Crippen LogP contribution in [-0.4, -0.2) is 37.0 Å². The van der Waals surface area contributed by atoms with Crippen molar-refractivity contribution in [2.75, 3.05) is 26.2 Å². The standard InChI is InChI=1S/C18H26N2O/c1-18(16-8-3-2-4-9-16)10-6-12-20(14-18)17(21)15-7-5-11-19-13-15/h2-4,8-9,15,19H,5-7,10-14H2,1H3. The summed E-state index contributed by atoms with van der Waals surface area (Å²) in [6.07, 6.45) is 4.45. The lowest BCUT2D eigenvalue weighted by atomic mass is 9.75. The van der Waals surface area contributed by atoms with Gasteiger partial charge in [-0.25, -0.2) is 0 Å². The van der Waals surface area contributed by atoms with Crippen LogP contribution in [0.15, 0.2) is 30.3 Å². The maximum absolute atomic E-state index is 12.8. The van der Waals surface area contributed by atoms with E-state index < -0.39 is 0 Å². The Kier molecular flexibility index (Phi) is 4.29. The minimum atomic E-state index is 0.108. The Hall–Kier alpha value is -1.35. The molecule has 3 nitrogen and oxygen atoms in total. The summed E-state index contributed by atoms with van der Waals surface area (Å²) in [5.41, 5.74) is 1.47. The summed E-state index contributed by atoms with van der Waals surface area (Å²) in [6, 6.07) is 10.7. The summed E-state index contributed by atoms with van der Waals surface area (Å²) in [5.74, 6) is 0.556. The molecule has 0 radical (unpaired) electrons. The third kappa shape index (κ3) is 3.13. The van der Waals surface area contributed by atoms with E-state index in [4.69, 9.17) is 0 Å². The highest BCUT2D eigenvalue weighted by Gasteiger charge is 2.36. The number of likely N-dealkylation sites (tertiary alicyclic amines) is 1. The Morgan fingerprint density at radius 3 is 2.81 bits per heavy atom. The zero-order valence-corrected chi connectivity index (χ0v) is 13.0. The van der Waals surface area contributed by atoms with Gasteiger partial charge in [0.25, 0.3) is 0 Å². The molecule has 114 valence electrons. The van der Waals surface area contributed by atoms with Crippen LogP contribution in [0.2, 0.25) is 0 Å². The van der Waals surface area contributed by atoms with Crippen molar-refractivity contribution < 1.29 is 4.79 Å². The summed E-state index contributed by atoms with van der Waals surface area (Å²) in [7, 11) is 0. The third-order valence-corrected chi connectivity index (χ3v) is 5.12. The number of rotatable bonds is 2. The Morgan fingerprint density at radius 2 is 2.10 bits per heavy atom. The van der Waals surface area contributed by atoms with Crippen molar-refractivity contribution in [1.29, 1.82) is 0 Å². The van der Waals surface area contributed by atoms with Crippen LogP contribution in [0, 0.1) is 5.92 Å². The second kappa shape index (κ2) is 6.18. The Labute approximate surface area is 127 Å². The van der Waals surface area contributed by atoms with Crippen molar-refractivity contribution in [2.24, 2.45) is 5.92 Å². The summed E-state index contributed by atoms with van der Waals surface area (Å²) in [4.78, 5) is 14.9. The predicted molar refractivity (Wildman–Crippen MR) is 85.2 cm³/mol. The molecule has 2 unspecified atom stereocenters. The zero-order chi connectivity index (χ0) is 14.7. The van der Waals surface area contributed by atoms with Crippen molar-refractivity contribution in [3.63, 3.8) is 0 Å². The second-order valence-corrected chi connectivity index (χ2v) is 6.83. The van der Waals surface area contributed by atoms with Crippen LogP contribution >= 0.6 is 0 Å². The van der Waals surface area contributed by atoms with Crippen LogP contribution in [-0.2, 0) is 10.2 Å². The van der Waals surface area contributed by atoms with Gasteiger partial charge in [-0.05, 0) is 37.8 Å². The number of benzene rings is 1. The molecule has 2 aliphatic heterocycles. The molecular formula is C18H26N2O. The first-order valence-electron chi connectivity index (χ1n) is 8.24. The van der Waals surface area contributed by atoms with Gasteiger partial charge in [-0.1, -0.05) is 37.3 Å². The fourth-order valence-corrected chi connectivity index (χ4v) is 3.82. The molecule has 0 aliphatic carbocycles. The highest BCUT2D eigenvalue weighted by Crippen LogP contribution is 2.34. The van der Waals surface area contributed by atoms with Gasteiger partial charge in [-0.2, -0.15) is 0 Å². The van der Waals surface area contributed by atoms with Gasteiger partial charge in [0.1, 0.15) is 0 Å². The van der Waals surface area contributed by atoms with E-state index in [0.717, 1.165) is 45.4 Å². The van der Waals surface area contributed by atoms with Gasteiger partial charge in [-0.3, -0.25) is 4.79 Å². The van der Waals surface area contributed by atoms with E-state index >= 15 is 0 Å². The normalized spacial score (nSPS) is 30.1. The first-order valence-corrected chi connectivity index (χ1v) is 8.24. The molecule has 1 aromatic carbocycles. The van der Waals surface area contributed by atoms with Crippen LogP contribution < -0.4 is 5.32 Å². The molecule has 2 heterocycles. The number of hydrogen-bond donors (Lipinski definition) is 1. The lowest BCUT2D eigenvalue weighted by molar-refractivity contribution is -0.138. The van der Waals surface area contributed by atoms with Gasteiger partial charge in [0, 0.05) is 25.0 Å². The number of nitrogens with one attached hydrogen (secondary N) is 1. The fraction of sp³-hybridized carbons (Fsp3) is 0.611. The topological polar surface area (TPSA) is 32.3 Å². The van der Waals surface area contributed by atoms with E-state index in [1.54, 1.807) is 0 Å². The molecular weight excluding hydrogens is 260 g/mol. The molecule has 1 aromatic rings. The maximum atomic E-state index is 12.8. The molecule has 21 heavy (non-hydrogen) atoms. The molecule has 0 aromatic heterocycles. The summed E-state index contributed by atoms with van der Waals surface area (Å²) >= 11 is 0. The van der Waals surface area contributed by atoms with Gasteiger partial charge in [0.15, 0.2) is 0 Å². The molecule has 1 amide bonds. The van der Waals surface area contributed by atoms with Gasteiger partial charge in [0.2, 0.25) is 5.91 Å². The molecule has 3 heteroatoms. The zero-order valence-electron chi connectivity index (χ0n) is 13.0. The van der Waals surface area contributed by atoms with Crippen LogP contribution in [0.25, 0.3) is 0 Å². The highest BCUT2D eigenvalue weighted by molar-refractivity contribution is 5.79. The Balaban J connectivity index is 1.72. The van der Waals surface area contributed by atoms with Crippen molar-refractivity contribution in [2.45, 2.75) is 38.0 Å². The van der Waals surface area contributed by atoms with Crippen LogP contribution in [0.3, 0.4) is 0 Å². The Morgan fingerprint density at radius 1 is 1.29 bits per heavy atom. The first-order chi connectivity index (χ1) is 10.2. The van der Waals surface area contributed by atoms with E-state index in [2.05, 4.69) is 47.5 Å². The molecule has 2 aliphatic rings. The fourth-order valence-electron chi connectivity index (χ4n) is 3.82. The molecule has 2 saturated heterocycles. The van der Waals surface area contributed by atoms with Crippen molar-refractivity contribution in [3.8, 4) is 0 Å². The molecule has 0 bridgehead atoms. The average molecular weight is 286 g/mol. The lowest BCUT2D eigenvalue weighted by Gasteiger charge is -2.42. The third-order valence-electron chi connectivity index (χ3n) is 5.12. The van der Waals surface area contributed by atoms with Crippen LogP contribution in [0.4, 0.5) is 0 Å². The predicted octanol–water partition coefficient (Wildman–Crippen LogP) is 2.57. The number of nitrogens with zero attached hydrogens (tertiary/aromatic N) is 1. The quantitative estimate of drug-likeness (QED) is 0.906. The van der Waals surface area contributed by atoms with Crippen LogP contribution in [0.5, 0.6) is 0 Å². The van der Waals surface area contributed by atoms with Gasteiger partial charge in [0.05, 0.1) is 5.92 Å². The van der Waals surface area contributed by atoms with Gasteiger partial charge < -0.3 is 10.2 Å². The number of piperidine rings is 2. The highest BCUT2D eigenvalue weighted by atomic mass is 16.2. The number of carbonyl (C=O) groups excluding carboxylic acids is 1. The SMILES string of the molecule is CC1(c2ccccc2)CCCN(C(=O)C2CCCNC2)C1. The van der Waals surface area contributed by atoms with E-state index in [0.29, 0.717) is 5.91 Å². The number of hydrogen-bond acceptors (Lipinski definition) is 2. The monoisotopic (exact) mass is 286 g/mol. The Bertz CT molecular complexity index is 481. The average Bonchev–Trinajstić information content (AvgIpc) is 2.56. The van der Waals surface area contributed by atoms with E-state index in [1.165, 1.54) is 12.0 Å². The minimum Gasteiger partial charge on any atom is -0.342 e. The molecule has 3 rings (SSSR count). The van der Waals surface area contributed by atoms with Gasteiger partial charge >= 0.3 is 0 Å². The molecule has 2 atom stereocenters. The molecule has 2 fully saturated rings. The van der Waals surface area contributed by atoms with E-state index in [1.807, 2.05) is 0 Å².